The lowest BCUT2D eigenvalue weighted by Gasteiger charge is -2.17. The second-order valence-corrected chi connectivity index (χ2v) is 29.7. The van der Waals surface area contributed by atoms with Crippen LogP contribution in [-0.2, 0) is 38.1 Å². The Labute approximate surface area is 635 Å². The minimum Gasteiger partial charge on any atom is -0.481 e. The van der Waals surface area contributed by atoms with Crippen LogP contribution in [0.25, 0.3) is 55.2 Å². The van der Waals surface area contributed by atoms with E-state index in [1.54, 1.807) is 0 Å². The van der Waals surface area contributed by atoms with Crippen LogP contribution >= 0.6 is 55.4 Å². The quantitative estimate of drug-likeness (QED) is 0.0141. The highest BCUT2D eigenvalue weighted by atomic mass is 79.9. The fourth-order valence-corrected chi connectivity index (χ4v) is 16.6. The van der Waals surface area contributed by atoms with Crippen molar-refractivity contribution in [2.45, 2.75) is 111 Å². The van der Waals surface area contributed by atoms with Crippen molar-refractivity contribution in [3.63, 3.8) is 0 Å². The first-order valence-electron chi connectivity index (χ1n) is 35.5. The number of halogens is 2. The first-order valence-corrected chi connectivity index (χ1v) is 39.1. The van der Waals surface area contributed by atoms with Crippen LogP contribution in [0.1, 0.15) is 134 Å². The molecule has 2 atom stereocenters. The number of nitrogens with one attached hydrogen (secondary N) is 2. The molecule has 105 heavy (non-hydrogen) atoms. The van der Waals surface area contributed by atoms with E-state index in [1.807, 2.05) is 69.8 Å². The van der Waals surface area contributed by atoms with Gasteiger partial charge in [0.1, 0.15) is 19.0 Å². The molecule has 0 saturated heterocycles. The number of amides is 2. The molecule has 14 rings (SSSR count). The molecule has 2 unspecified atom stereocenters. The summed E-state index contributed by atoms with van der Waals surface area (Å²) in [5.41, 5.74) is 19.5. The Morgan fingerprint density at radius 3 is 1.26 bits per heavy atom. The van der Waals surface area contributed by atoms with Crippen LogP contribution in [0.3, 0.4) is 0 Å². The molecule has 544 valence electrons. The van der Waals surface area contributed by atoms with E-state index in [1.165, 1.54) is 84.7 Å². The summed E-state index contributed by atoms with van der Waals surface area (Å²) >= 11 is 9.56. The maximum atomic E-state index is 12.9. The van der Waals surface area contributed by atoms with Crippen LogP contribution < -0.4 is 16.4 Å². The van der Waals surface area contributed by atoms with E-state index < -0.39 is 30.0 Å². The summed E-state index contributed by atoms with van der Waals surface area (Å²) in [6.07, 6.45) is 9.29. The van der Waals surface area contributed by atoms with Crippen molar-refractivity contribution in [1.82, 2.24) is 40.2 Å². The lowest BCUT2D eigenvalue weighted by atomic mass is 9.98. The molecule has 5 N–H and O–H groups in total. The zero-order valence-corrected chi connectivity index (χ0v) is 63.2. The topological polar surface area (TPSA) is 271 Å². The molecule has 0 radical (unpaired) electrons. The van der Waals surface area contributed by atoms with Crippen molar-refractivity contribution in [2.24, 2.45) is 17.6 Å². The monoisotopic (exact) mass is 1580 g/mol. The first-order chi connectivity index (χ1) is 51.2. The number of nitrogens with two attached hydrogens (primary N) is 1. The number of rotatable bonds is 30. The second kappa shape index (κ2) is 36.2. The number of ketones is 1. The average molecular weight is 1580 g/mol. The number of fused-ring (bicyclic) bond motifs is 8. The molecule has 2 aromatic heterocycles. The summed E-state index contributed by atoms with van der Waals surface area (Å²) in [5, 5.41) is 37.2. The number of methoxy groups -OCH3 is 2. The van der Waals surface area contributed by atoms with Gasteiger partial charge in [0, 0.05) is 42.1 Å². The number of aliphatic carboxylic acids is 1. The van der Waals surface area contributed by atoms with Gasteiger partial charge in [-0.15, -0.1) is 20.4 Å². The SMILES string of the molecule is COC(=O)C(CCCCCC(=O)CSc1nnc(Br)n1-c1ccc(C2CC2)c2ccccc12)CNC(=O)OCC1c2ccccc2-c2ccccc21.COC(=O)C(CCCCN)CNC(=O)OCC1c2ccccc2-c2ccccc21.O=C(O)CSc1nnc(Br)n1-c1ccc(C2CC2)c2ccccc12. The van der Waals surface area contributed by atoms with Gasteiger partial charge in [-0.3, -0.25) is 28.3 Å². The normalized spacial score (nSPS) is 13.9. The van der Waals surface area contributed by atoms with Crippen LogP contribution in [0.15, 0.2) is 190 Å². The Kier molecular flexibility index (Phi) is 26.0. The van der Waals surface area contributed by atoms with Crippen LogP contribution in [0.4, 0.5) is 9.59 Å². The highest BCUT2D eigenvalue weighted by molar-refractivity contribution is 9.10. The number of carboxylic acids is 1. The third-order valence-corrected chi connectivity index (χ3v) is 22.4. The van der Waals surface area contributed by atoms with Gasteiger partial charge in [-0.1, -0.05) is 201 Å². The zero-order chi connectivity index (χ0) is 73.3. The summed E-state index contributed by atoms with van der Waals surface area (Å²) in [5.74, 6) is -0.858. The molecule has 4 aliphatic rings. The maximum Gasteiger partial charge on any atom is 0.407 e. The van der Waals surface area contributed by atoms with Crippen LogP contribution in [0, 0.1) is 11.8 Å². The highest BCUT2D eigenvalue weighted by Crippen LogP contribution is 2.48. The molecule has 2 heterocycles. The molecule has 20 nitrogen and oxygen atoms in total. The number of esters is 2. The lowest BCUT2D eigenvalue weighted by molar-refractivity contribution is -0.146. The number of hydrogen-bond acceptors (Lipinski definition) is 17. The van der Waals surface area contributed by atoms with Crippen molar-refractivity contribution >= 4 is 113 Å². The average Bonchev–Trinajstić information content (AvgIpc) is 1.76. The molecule has 0 aliphatic heterocycles. The number of aromatic nitrogens is 6. The number of unbranched alkanes of at least 4 members (excludes halogenated alkanes) is 3. The van der Waals surface area contributed by atoms with Gasteiger partial charge in [-0.2, -0.15) is 0 Å². The number of alkyl carbamates (subject to hydrolysis) is 2. The van der Waals surface area contributed by atoms with Crippen LogP contribution in [-0.4, -0.2) is 129 Å². The van der Waals surface area contributed by atoms with Crippen molar-refractivity contribution < 1.29 is 52.8 Å². The van der Waals surface area contributed by atoms with Gasteiger partial charge in [0.15, 0.2) is 10.3 Å². The van der Waals surface area contributed by atoms with E-state index in [0.29, 0.717) is 63.8 Å². The lowest BCUT2D eigenvalue weighted by Crippen LogP contribution is -2.34. The third kappa shape index (κ3) is 18.5. The molecule has 8 aromatic carbocycles. The molecular formula is C81H83Br2N9O11S2. The van der Waals surface area contributed by atoms with Crippen LogP contribution in [0.5, 0.6) is 0 Å². The smallest absolute Gasteiger partial charge is 0.407 e. The Morgan fingerprint density at radius 1 is 0.486 bits per heavy atom. The van der Waals surface area contributed by atoms with Gasteiger partial charge < -0.3 is 40.4 Å². The summed E-state index contributed by atoms with van der Waals surface area (Å²) in [6.45, 7) is 1.33. The van der Waals surface area contributed by atoms with Crippen molar-refractivity contribution in [3.8, 4) is 33.6 Å². The van der Waals surface area contributed by atoms with Crippen LogP contribution in [0.2, 0.25) is 0 Å². The Hall–Kier alpha value is -9.20. The second-order valence-electron chi connectivity index (χ2n) is 26.4. The summed E-state index contributed by atoms with van der Waals surface area (Å²) in [7, 11) is 2.70. The van der Waals surface area contributed by atoms with Gasteiger partial charge in [-0.05, 0) is 180 Å². The number of carbonyl (C=O) groups is 6. The molecule has 24 heteroatoms. The van der Waals surface area contributed by atoms with Gasteiger partial charge >= 0.3 is 30.1 Å². The largest absolute Gasteiger partial charge is 0.481 e. The fourth-order valence-electron chi connectivity index (χ4n) is 14.0. The molecule has 2 amide bonds. The number of ether oxygens (including phenoxy) is 4. The first kappa shape index (κ1) is 75.5. The fraction of sp³-hybridized carbons (Fsp3) is 0.333. The van der Waals surface area contributed by atoms with E-state index in [9.17, 15) is 28.8 Å². The molecule has 2 saturated carbocycles. The number of benzene rings is 8. The predicted octanol–water partition coefficient (Wildman–Crippen LogP) is 16.7. The molecular weight excluding hydrogens is 1500 g/mol. The molecule has 10 aromatic rings. The predicted molar refractivity (Wildman–Crippen MR) is 414 cm³/mol. The van der Waals surface area contributed by atoms with Gasteiger partial charge in [-0.25, -0.2) is 9.59 Å². The number of thioether (sulfide) groups is 2. The Morgan fingerprint density at radius 2 is 0.867 bits per heavy atom. The third-order valence-electron chi connectivity index (χ3n) is 19.5. The summed E-state index contributed by atoms with van der Waals surface area (Å²) < 4.78 is 26.0. The zero-order valence-electron chi connectivity index (χ0n) is 58.4. The van der Waals surface area contributed by atoms with Crippen molar-refractivity contribution in [1.29, 1.82) is 0 Å². The number of Topliss-reactive ketones (excluding diaryl/α,β-unsaturated/α-hetero) is 1. The summed E-state index contributed by atoms with van der Waals surface area (Å²) in [6, 6.07) is 58.1. The van der Waals surface area contributed by atoms with E-state index in [2.05, 4.69) is 172 Å². The Bertz CT molecular complexity index is 4680. The van der Waals surface area contributed by atoms with Gasteiger partial charge in [0.25, 0.3) is 0 Å². The number of carboxylic acid groups (broad SMARTS) is 1. The Balaban J connectivity index is 0.000000164. The van der Waals surface area contributed by atoms with E-state index >= 15 is 0 Å². The molecule has 0 spiro atoms. The standard InChI is InChI=1S/C41H41BrN4O5S.C23H28N2O4.C17H14BrN3O2S/c1-50-38(48)27(23-43-41(49)51-24-36-33-16-7-5-14-31(33)32-15-6-8-17-34(32)36)11-3-2-4-12-28(47)25-52-40-45-44-39(42)46(40)37-22-21-29(26-19-20-26)30-13-9-10-18-35(30)37;1-28-22(26)16(8-6-7-13-24)14-25-23(27)29-15-21-19-11-4-2-9-17(19)18-10-3-5-12-20(18)21;18-16-19-20-17(24-9-15(22)23)21(16)14-8-7-11(10-5-6-10)12-3-1-2-4-13(12)14/h5-10,13-18,21-22,26-27,36H,2-4,11-12,19-20,23-25H2,1H3,(H,43,49);2-5,9-12,16,21H,6-8,13-15,24H2,1H3,(H,25,27);1-4,7-8,10H,5-6,9H2,(H,22,23). The van der Waals surface area contributed by atoms with Gasteiger partial charge in [0.2, 0.25) is 9.47 Å². The maximum absolute atomic E-state index is 12.9. The van der Waals surface area contributed by atoms with Gasteiger partial charge in [0.05, 0.1) is 48.9 Å². The minimum atomic E-state index is -0.875. The van der Waals surface area contributed by atoms with Crippen molar-refractivity contribution in [3.05, 3.63) is 213 Å². The molecule has 0 bridgehead atoms. The number of hydrogen-bond donors (Lipinski definition) is 4. The van der Waals surface area contributed by atoms with E-state index in [-0.39, 0.29) is 67.4 Å². The number of nitrogens with zero attached hydrogens (tertiary/aromatic N) is 6. The van der Waals surface area contributed by atoms with E-state index in [4.69, 9.17) is 29.8 Å². The number of carbonyl (C=O) groups excluding carboxylic acids is 5. The van der Waals surface area contributed by atoms with E-state index in [0.717, 1.165) is 93.0 Å². The van der Waals surface area contributed by atoms with Crippen molar-refractivity contribution in [2.75, 3.05) is 58.6 Å². The highest BCUT2D eigenvalue weighted by Gasteiger charge is 2.33. The molecule has 4 aliphatic carbocycles. The summed E-state index contributed by atoms with van der Waals surface area (Å²) in [4.78, 5) is 73.2. The minimum absolute atomic E-state index is 0.00843. The molecule has 2 fully saturated rings.